The van der Waals surface area contributed by atoms with Crippen LogP contribution in [0.15, 0.2) is 78.0 Å². The van der Waals surface area contributed by atoms with Gasteiger partial charge in [-0.3, -0.25) is 4.98 Å². The lowest BCUT2D eigenvalue weighted by atomic mass is 9.98. The summed E-state index contributed by atoms with van der Waals surface area (Å²) in [6, 6.07) is 21.5. The molecule has 0 amide bonds. The van der Waals surface area contributed by atoms with Crippen molar-refractivity contribution in [2.75, 3.05) is 5.01 Å². The maximum absolute atomic E-state index is 11.5. The van der Waals surface area contributed by atoms with E-state index in [0.29, 0.717) is 12.2 Å². The van der Waals surface area contributed by atoms with Crippen molar-refractivity contribution in [1.82, 2.24) is 9.97 Å². The molecule has 3 heterocycles. The number of hydrogen-bond acceptors (Lipinski definition) is 5. The first-order chi connectivity index (χ1) is 13.1. The van der Waals surface area contributed by atoms with Gasteiger partial charge in [0.05, 0.1) is 11.0 Å². The second-order valence-corrected chi connectivity index (χ2v) is 6.89. The fourth-order valence-corrected chi connectivity index (χ4v) is 3.72. The molecular formula is C22H18N4O. The summed E-state index contributed by atoms with van der Waals surface area (Å²) in [6.07, 6.45) is 2.21. The lowest BCUT2D eigenvalue weighted by molar-refractivity contribution is 0.0486. The molecule has 1 atom stereocenters. The van der Waals surface area contributed by atoms with Gasteiger partial charge in [-0.05, 0) is 25.1 Å². The van der Waals surface area contributed by atoms with Crippen LogP contribution in [0, 0.1) is 0 Å². The Morgan fingerprint density at radius 1 is 0.889 bits per heavy atom. The highest BCUT2D eigenvalue weighted by Gasteiger charge is 2.42. The summed E-state index contributed by atoms with van der Waals surface area (Å²) in [6.45, 7) is 1.92. The summed E-state index contributed by atoms with van der Waals surface area (Å²) < 4.78 is 0. The summed E-state index contributed by atoms with van der Waals surface area (Å²) in [5.74, 6) is 0.601. The Morgan fingerprint density at radius 2 is 1.63 bits per heavy atom. The van der Waals surface area contributed by atoms with Gasteiger partial charge in [-0.25, -0.2) is 9.99 Å². The third-order valence-electron chi connectivity index (χ3n) is 4.99. The number of nitrogens with zero attached hydrogens (tertiary/aromatic N) is 4. The largest absolute Gasteiger partial charge is 0.365 e. The van der Waals surface area contributed by atoms with E-state index in [9.17, 15) is 5.11 Å². The minimum Gasteiger partial charge on any atom is -0.365 e. The summed E-state index contributed by atoms with van der Waals surface area (Å²) in [5.41, 5.74) is 2.06. The van der Waals surface area contributed by atoms with Crippen LogP contribution in [-0.4, -0.2) is 20.8 Å². The van der Waals surface area contributed by atoms with Gasteiger partial charge in [0.15, 0.2) is 11.5 Å². The molecule has 5 nitrogen and oxygen atoms in total. The molecule has 1 aliphatic heterocycles. The number of pyridine rings is 2. The maximum atomic E-state index is 11.5. The zero-order valence-corrected chi connectivity index (χ0v) is 14.9. The molecule has 0 saturated heterocycles. The molecule has 5 rings (SSSR count). The van der Waals surface area contributed by atoms with Crippen LogP contribution in [0.1, 0.15) is 18.9 Å². The van der Waals surface area contributed by atoms with Crippen LogP contribution in [0.3, 0.4) is 0 Å². The van der Waals surface area contributed by atoms with Gasteiger partial charge in [-0.1, -0.05) is 48.5 Å². The molecule has 2 aromatic carbocycles. The zero-order chi connectivity index (χ0) is 18.4. The van der Waals surface area contributed by atoms with Crippen molar-refractivity contribution in [3.63, 3.8) is 0 Å². The van der Waals surface area contributed by atoms with Crippen LogP contribution in [0.2, 0.25) is 0 Å². The molecule has 0 aliphatic carbocycles. The fourth-order valence-electron chi connectivity index (χ4n) is 3.72. The van der Waals surface area contributed by atoms with Crippen molar-refractivity contribution in [1.29, 1.82) is 0 Å². The molecule has 0 radical (unpaired) electrons. The highest BCUT2D eigenvalue weighted by atomic mass is 16.3. The molecule has 0 spiro atoms. The molecule has 0 bridgehead atoms. The van der Waals surface area contributed by atoms with Crippen LogP contribution in [0.25, 0.3) is 21.8 Å². The van der Waals surface area contributed by atoms with Gasteiger partial charge in [-0.2, -0.15) is 5.10 Å². The molecule has 0 fully saturated rings. The Bertz CT molecular complexity index is 1190. The topological polar surface area (TPSA) is 61.6 Å². The van der Waals surface area contributed by atoms with Gasteiger partial charge in [0.2, 0.25) is 0 Å². The standard InChI is InChI=1S/C22H18N4O/c1-15-14-22(27,18-7-3-2-4-8-18)26(25-15)19-12-11-17-10-9-16-6-5-13-23-20(16)21(17)24-19/h2-13,27H,14H2,1H3. The predicted octanol–water partition coefficient (Wildman–Crippen LogP) is 4.21. The van der Waals surface area contributed by atoms with E-state index in [-0.39, 0.29) is 0 Å². The summed E-state index contributed by atoms with van der Waals surface area (Å²) in [7, 11) is 0. The first-order valence-electron chi connectivity index (χ1n) is 8.92. The van der Waals surface area contributed by atoms with E-state index >= 15 is 0 Å². The van der Waals surface area contributed by atoms with E-state index in [1.54, 1.807) is 11.2 Å². The van der Waals surface area contributed by atoms with Crippen molar-refractivity contribution in [3.8, 4) is 0 Å². The van der Waals surface area contributed by atoms with Crippen molar-refractivity contribution in [2.45, 2.75) is 19.1 Å². The van der Waals surface area contributed by atoms with E-state index in [1.807, 2.05) is 73.7 Å². The Balaban J connectivity index is 1.70. The molecule has 132 valence electrons. The minimum atomic E-state index is -1.25. The molecule has 5 heteroatoms. The quantitative estimate of drug-likeness (QED) is 0.548. The van der Waals surface area contributed by atoms with E-state index in [4.69, 9.17) is 4.98 Å². The number of fused-ring (bicyclic) bond motifs is 3. The molecule has 4 aromatic rings. The van der Waals surface area contributed by atoms with Crippen LogP contribution in [-0.2, 0) is 5.72 Å². The van der Waals surface area contributed by atoms with Crippen LogP contribution in [0.5, 0.6) is 0 Å². The lowest BCUT2D eigenvalue weighted by Crippen LogP contribution is -2.40. The smallest absolute Gasteiger partial charge is 0.191 e. The number of anilines is 1. The summed E-state index contributed by atoms with van der Waals surface area (Å²) in [5, 5.41) is 19.7. The summed E-state index contributed by atoms with van der Waals surface area (Å²) in [4.78, 5) is 9.34. The molecule has 0 saturated carbocycles. The van der Waals surface area contributed by atoms with Gasteiger partial charge in [0.25, 0.3) is 0 Å². The van der Waals surface area contributed by atoms with Crippen molar-refractivity contribution < 1.29 is 5.11 Å². The second kappa shape index (κ2) is 5.86. The van der Waals surface area contributed by atoms with Crippen LogP contribution < -0.4 is 5.01 Å². The zero-order valence-electron chi connectivity index (χ0n) is 14.9. The first-order valence-corrected chi connectivity index (χ1v) is 8.92. The number of hydrazone groups is 1. The lowest BCUT2D eigenvalue weighted by Gasteiger charge is -2.32. The molecule has 2 aromatic heterocycles. The van der Waals surface area contributed by atoms with Gasteiger partial charge >= 0.3 is 0 Å². The summed E-state index contributed by atoms with van der Waals surface area (Å²) >= 11 is 0. The molecule has 1 aliphatic rings. The van der Waals surface area contributed by atoms with E-state index < -0.39 is 5.72 Å². The molecule has 1 unspecified atom stereocenters. The number of benzene rings is 2. The fraction of sp³-hybridized carbons (Fsp3) is 0.136. The second-order valence-electron chi connectivity index (χ2n) is 6.89. The third-order valence-corrected chi connectivity index (χ3v) is 4.99. The van der Waals surface area contributed by atoms with Crippen molar-refractivity contribution in [3.05, 3.63) is 78.5 Å². The highest BCUT2D eigenvalue weighted by Crippen LogP contribution is 2.38. The number of rotatable bonds is 2. The van der Waals surface area contributed by atoms with Crippen molar-refractivity contribution >= 4 is 33.3 Å². The van der Waals surface area contributed by atoms with Gasteiger partial charge in [-0.15, -0.1) is 0 Å². The van der Waals surface area contributed by atoms with Crippen LogP contribution >= 0.6 is 0 Å². The Kier molecular flexibility index (Phi) is 3.45. The maximum Gasteiger partial charge on any atom is 0.191 e. The Morgan fingerprint density at radius 3 is 2.44 bits per heavy atom. The van der Waals surface area contributed by atoms with E-state index in [1.165, 1.54) is 0 Å². The van der Waals surface area contributed by atoms with E-state index in [2.05, 4.69) is 10.1 Å². The van der Waals surface area contributed by atoms with Crippen molar-refractivity contribution in [2.24, 2.45) is 5.10 Å². The SMILES string of the molecule is CC1=NN(c2ccc3ccc4cccnc4c3n2)C(O)(c2ccccc2)C1. The average Bonchev–Trinajstić information content (AvgIpc) is 3.03. The molecule has 27 heavy (non-hydrogen) atoms. The van der Waals surface area contributed by atoms with Gasteiger partial charge in [0, 0.05) is 34.7 Å². The third kappa shape index (κ3) is 2.47. The molecular weight excluding hydrogens is 336 g/mol. The monoisotopic (exact) mass is 354 g/mol. The Labute approximate surface area is 156 Å². The van der Waals surface area contributed by atoms with Crippen LogP contribution in [0.4, 0.5) is 5.82 Å². The average molecular weight is 354 g/mol. The molecule has 1 N–H and O–H groups in total. The van der Waals surface area contributed by atoms with Gasteiger partial charge in [0.1, 0.15) is 0 Å². The number of aromatic nitrogens is 2. The normalized spacial score (nSPS) is 19.6. The number of aliphatic hydroxyl groups is 1. The minimum absolute atomic E-state index is 0.435. The Hall–Kier alpha value is -3.31. The predicted molar refractivity (Wildman–Crippen MR) is 108 cm³/mol. The van der Waals surface area contributed by atoms with E-state index in [0.717, 1.165) is 33.1 Å². The van der Waals surface area contributed by atoms with Gasteiger partial charge < -0.3 is 5.11 Å². The first kappa shape index (κ1) is 15.9. The number of hydrogen-bond donors (Lipinski definition) is 1. The highest BCUT2D eigenvalue weighted by molar-refractivity contribution is 6.03.